The molecule has 2 aliphatic carbocycles. The van der Waals surface area contributed by atoms with Crippen LogP contribution in [0.4, 0.5) is 0 Å². The van der Waals surface area contributed by atoms with Gasteiger partial charge in [0.2, 0.25) is 0 Å². The number of aliphatic hydroxyl groups excluding tert-OH is 1. The second-order valence-corrected chi connectivity index (χ2v) is 10.6. The summed E-state index contributed by atoms with van der Waals surface area (Å²) in [5.41, 5.74) is 2.77. The molecule has 1 heterocycles. The number of amides is 1. The normalized spacial score (nSPS) is 20.6. The minimum absolute atomic E-state index is 0.133. The van der Waals surface area contributed by atoms with Gasteiger partial charge in [0, 0.05) is 27.1 Å². The number of hydrogen-bond donors (Lipinski definition) is 3. The van der Waals surface area contributed by atoms with Crippen LogP contribution in [-0.2, 0) is 0 Å². The highest BCUT2D eigenvalue weighted by atomic mass is 35.5. The van der Waals surface area contributed by atoms with Crippen molar-refractivity contribution < 1.29 is 15.0 Å². The maximum atomic E-state index is 13.4. The number of benzene rings is 1. The molecule has 190 valence electrons. The van der Waals surface area contributed by atoms with Crippen molar-refractivity contribution >= 4 is 58.0 Å². The highest BCUT2D eigenvalue weighted by Crippen LogP contribution is 2.35. The van der Waals surface area contributed by atoms with Gasteiger partial charge < -0.3 is 15.5 Å². The molecule has 0 saturated heterocycles. The van der Waals surface area contributed by atoms with Crippen LogP contribution in [0.2, 0.25) is 5.02 Å². The molecule has 0 radical (unpaired) electrons. The van der Waals surface area contributed by atoms with Crippen LogP contribution in [0.3, 0.4) is 0 Å². The van der Waals surface area contributed by atoms with Gasteiger partial charge in [-0.15, -0.1) is 11.6 Å². The quantitative estimate of drug-likeness (QED) is 0.283. The SMILES string of the molecule is Cc1c(C(=O)NC(CC2CC=CC=C2Cl)C(O)O)nn(C2=CCC(Cl)C=C2Cl)c1-c1ccc(Cl)cc1. The van der Waals surface area contributed by atoms with Crippen LogP contribution in [-0.4, -0.2) is 43.6 Å². The molecule has 0 fully saturated rings. The second-order valence-electron chi connectivity index (χ2n) is 8.74. The number of aliphatic hydroxyl groups is 2. The van der Waals surface area contributed by atoms with E-state index in [-0.39, 0.29) is 23.4 Å². The van der Waals surface area contributed by atoms with Crippen molar-refractivity contribution in [2.24, 2.45) is 5.92 Å². The van der Waals surface area contributed by atoms with Crippen molar-refractivity contribution in [3.05, 3.63) is 81.0 Å². The fourth-order valence-electron chi connectivity index (χ4n) is 4.31. The van der Waals surface area contributed by atoms with Crippen LogP contribution in [0, 0.1) is 12.8 Å². The Bertz CT molecular complexity index is 1260. The summed E-state index contributed by atoms with van der Waals surface area (Å²) in [6, 6.07) is 6.22. The lowest BCUT2D eigenvalue weighted by atomic mass is 9.92. The fourth-order valence-corrected chi connectivity index (χ4v) is 5.28. The fraction of sp³-hybridized carbons (Fsp3) is 0.308. The molecule has 4 rings (SSSR count). The number of hydrogen-bond acceptors (Lipinski definition) is 4. The third-order valence-electron chi connectivity index (χ3n) is 6.21. The lowest BCUT2D eigenvalue weighted by molar-refractivity contribution is -0.0688. The van der Waals surface area contributed by atoms with Crippen molar-refractivity contribution in [1.82, 2.24) is 15.1 Å². The minimum atomic E-state index is -1.78. The maximum absolute atomic E-state index is 13.4. The molecule has 36 heavy (non-hydrogen) atoms. The molecule has 3 N–H and O–H groups in total. The zero-order valence-corrected chi connectivity index (χ0v) is 22.4. The number of alkyl halides is 1. The maximum Gasteiger partial charge on any atom is 0.272 e. The van der Waals surface area contributed by atoms with Gasteiger partial charge in [0.05, 0.1) is 27.8 Å². The van der Waals surface area contributed by atoms with E-state index in [0.717, 1.165) is 5.56 Å². The van der Waals surface area contributed by atoms with E-state index in [0.29, 0.717) is 44.9 Å². The van der Waals surface area contributed by atoms with Crippen molar-refractivity contribution in [3.63, 3.8) is 0 Å². The first-order valence-corrected chi connectivity index (χ1v) is 13.0. The van der Waals surface area contributed by atoms with E-state index in [1.165, 1.54) is 0 Å². The summed E-state index contributed by atoms with van der Waals surface area (Å²) in [6.07, 6.45) is 8.84. The molecule has 3 atom stereocenters. The first-order chi connectivity index (χ1) is 17.2. The Labute approximate surface area is 229 Å². The second kappa shape index (κ2) is 11.5. The monoisotopic (exact) mass is 567 g/mol. The van der Waals surface area contributed by atoms with Crippen molar-refractivity contribution in [3.8, 4) is 11.3 Å². The number of halogens is 4. The van der Waals surface area contributed by atoms with Crippen LogP contribution in [0.1, 0.15) is 35.3 Å². The average molecular weight is 569 g/mol. The summed E-state index contributed by atoms with van der Waals surface area (Å²) in [5, 5.41) is 28.7. The predicted molar refractivity (Wildman–Crippen MR) is 145 cm³/mol. The molecule has 1 aromatic carbocycles. The number of allylic oxidation sites excluding steroid dienone is 8. The largest absolute Gasteiger partial charge is 0.366 e. The Kier molecular flexibility index (Phi) is 8.66. The highest BCUT2D eigenvalue weighted by molar-refractivity contribution is 6.37. The molecule has 3 unspecified atom stereocenters. The van der Waals surface area contributed by atoms with Gasteiger partial charge in [-0.25, -0.2) is 4.68 Å². The molecule has 10 heteroatoms. The highest BCUT2D eigenvalue weighted by Gasteiger charge is 2.30. The Morgan fingerprint density at radius 1 is 1.19 bits per heavy atom. The molecular weight excluding hydrogens is 544 g/mol. The third-order valence-corrected chi connectivity index (χ3v) is 7.52. The van der Waals surface area contributed by atoms with E-state index >= 15 is 0 Å². The molecule has 0 spiro atoms. The third kappa shape index (κ3) is 5.91. The molecule has 0 aliphatic heterocycles. The lowest BCUT2D eigenvalue weighted by Crippen LogP contribution is -2.45. The standard InChI is InChI=1S/C26H25Cl4N3O3/c1-14-23(25(34)31-21(26(35)36)12-16-4-2-3-5-19(16)29)32-33(22-11-10-18(28)13-20(22)30)24(14)15-6-8-17(27)9-7-15/h2-3,5-9,11,13,16,18,21,26,35-36H,4,10,12H2,1H3,(H,31,34). The zero-order chi connectivity index (χ0) is 26.0. The van der Waals surface area contributed by atoms with Gasteiger partial charge in [0.1, 0.15) is 0 Å². The van der Waals surface area contributed by atoms with Gasteiger partial charge in [-0.2, -0.15) is 5.10 Å². The molecule has 1 amide bonds. The molecule has 1 aromatic heterocycles. The average Bonchev–Trinajstić information content (AvgIpc) is 3.17. The van der Waals surface area contributed by atoms with E-state index in [1.54, 1.807) is 35.9 Å². The molecular formula is C26H25Cl4N3O3. The van der Waals surface area contributed by atoms with Gasteiger partial charge in [0.15, 0.2) is 12.0 Å². The summed E-state index contributed by atoms with van der Waals surface area (Å²) >= 11 is 25.1. The Balaban J connectivity index is 1.70. The number of carbonyl (C=O) groups excluding carboxylic acids is 1. The van der Waals surface area contributed by atoms with Crippen LogP contribution in [0.15, 0.2) is 64.7 Å². The van der Waals surface area contributed by atoms with E-state index in [9.17, 15) is 15.0 Å². The van der Waals surface area contributed by atoms with Crippen molar-refractivity contribution in [2.45, 2.75) is 43.9 Å². The Morgan fingerprint density at radius 3 is 2.56 bits per heavy atom. The summed E-state index contributed by atoms with van der Waals surface area (Å²) in [6.45, 7) is 1.78. The van der Waals surface area contributed by atoms with Gasteiger partial charge >= 0.3 is 0 Å². The molecule has 2 aromatic rings. The summed E-state index contributed by atoms with van der Waals surface area (Å²) < 4.78 is 1.62. The van der Waals surface area contributed by atoms with E-state index in [4.69, 9.17) is 46.4 Å². The topological polar surface area (TPSA) is 87.4 Å². The number of rotatable bonds is 7. The molecule has 2 aliphatic rings. The lowest BCUT2D eigenvalue weighted by Gasteiger charge is -2.25. The smallest absolute Gasteiger partial charge is 0.272 e. The van der Waals surface area contributed by atoms with Gasteiger partial charge in [-0.3, -0.25) is 4.79 Å². The summed E-state index contributed by atoms with van der Waals surface area (Å²) in [7, 11) is 0. The minimum Gasteiger partial charge on any atom is -0.366 e. The van der Waals surface area contributed by atoms with Crippen LogP contribution in [0.25, 0.3) is 17.0 Å². The molecule has 0 bridgehead atoms. The summed E-state index contributed by atoms with van der Waals surface area (Å²) in [5.74, 6) is -0.676. The van der Waals surface area contributed by atoms with Crippen LogP contribution < -0.4 is 5.32 Å². The number of nitrogens with one attached hydrogen (secondary N) is 1. The number of nitrogens with zero attached hydrogens (tertiary/aromatic N) is 2. The van der Waals surface area contributed by atoms with E-state index in [2.05, 4.69) is 10.4 Å². The van der Waals surface area contributed by atoms with Gasteiger partial charge in [-0.05, 0) is 50.5 Å². The van der Waals surface area contributed by atoms with Crippen molar-refractivity contribution in [2.75, 3.05) is 0 Å². The summed E-state index contributed by atoms with van der Waals surface area (Å²) in [4.78, 5) is 13.4. The first-order valence-electron chi connectivity index (χ1n) is 11.4. The first kappa shape index (κ1) is 27.0. The molecule has 6 nitrogen and oxygen atoms in total. The Hall–Kier alpha value is -2.06. The Morgan fingerprint density at radius 2 is 1.92 bits per heavy atom. The van der Waals surface area contributed by atoms with Crippen LogP contribution >= 0.6 is 46.4 Å². The predicted octanol–water partition coefficient (Wildman–Crippen LogP) is 5.98. The molecule has 0 saturated carbocycles. The van der Waals surface area contributed by atoms with E-state index in [1.807, 2.05) is 30.4 Å². The van der Waals surface area contributed by atoms with Gasteiger partial charge in [-0.1, -0.05) is 65.2 Å². The van der Waals surface area contributed by atoms with Crippen LogP contribution in [0.5, 0.6) is 0 Å². The number of aromatic nitrogens is 2. The number of carbonyl (C=O) groups is 1. The van der Waals surface area contributed by atoms with Crippen molar-refractivity contribution in [1.29, 1.82) is 0 Å². The van der Waals surface area contributed by atoms with Gasteiger partial charge in [0.25, 0.3) is 5.91 Å². The zero-order valence-electron chi connectivity index (χ0n) is 19.3. The van der Waals surface area contributed by atoms with E-state index < -0.39 is 18.2 Å².